The first-order chi connectivity index (χ1) is 34.4. The second kappa shape index (κ2) is 21.8. The molecule has 0 radical (unpaired) electrons. The lowest BCUT2D eigenvalue weighted by Crippen LogP contribution is -2.35. The lowest BCUT2D eigenvalue weighted by molar-refractivity contribution is -0.0774. The van der Waals surface area contributed by atoms with Gasteiger partial charge in [-0.25, -0.2) is 23.2 Å². The molecule has 1 aliphatic heterocycles. The quantitative estimate of drug-likeness (QED) is 0.0434. The maximum Gasteiger partial charge on any atom is 0.343 e. The number of rotatable bonds is 15. The molecule has 0 aromatic heterocycles. The van der Waals surface area contributed by atoms with Gasteiger partial charge >= 0.3 is 17.9 Å². The molecule has 6 aromatic rings. The Morgan fingerprint density at radius 2 is 1.25 bits per heavy atom. The molecule has 1 atom stereocenters. The van der Waals surface area contributed by atoms with Crippen LogP contribution in [-0.4, -0.2) is 37.4 Å². The fourth-order valence-electron chi connectivity index (χ4n) is 10.9. The molecule has 6 aromatic carbocycles. The lowest BCUT2D eigenvalue weighted by Gasteiger charge is -2.37. The Labute approximate surface area is 415 Å². The van der Waals surface area contributed by atoms with Gasteiger partial charge in [-0.05, 0) is 184 Å². The van der Waals surface area contributed by atoms with Gasteiger partial charge in [-0.1, -0.05) is 81.1 Å². The molecule has 368 valence electrons. The van der Waals surface area contributed by atoms with Gasteiger partial charge in [0.25, 0.3) is 0 Å². The van der Waals surface area contributed by atoms with Gasteiger partial charge < -0.3 is 23.7 Å². The zero-order chi connectivity index (χ0) is 49.6. The molecule has 0 saturated heterocycles. The maximum absolute atomic E-state index is 14.3. The summed E-state index contributed by atoms with van der Waals surface area (Å²) in [7, 11) is 1.44. The number of esters is 3. The monoisotopic (exact) mass is 960 g/mol. The Hall–Kier alpha value is -6.65. The second-order valence-electron chi connectivity index (χ2n) is 19.6. The van der Waals surface area contributed by atoms with Crippen molar-refractivity contribution >= 4 is 34.8 Å². The molecule has 8 nitrogen and oxygen atoms in total. The van der Waals surface area contributed by atoms with E-state index in [1.54, 1.807) is 68.5 Å². The Bertz CT molecular complexity index is 2830. The minimum atomic E-state index is -1.35. The van der Waals surface area contributed by atoms with Crippen LogP contribution in [-0.2, 0) is 19.8 Å². The Balaban J connectivity index is 0.859. The van der Waals surface area contributed by atoms with Gasteiger partial charge in [0.15, 0.2) is 11.9 Å². The molecule has 2 fully saturated rings. The first kappa shape index (κ1) is 49.3. The summed E-state index contributed by atoms with van der Waals surface area (Å²) < 4.78 is 58.4. The molecular weight excluding hydrogens is 899 g/mol. The van der Waals surface area contributed by atoms with Crippen molar-refractivity contribution < 1.29 is 46.8 Å². The number of carbonyl (C=O) groups excluding carboxylic acids is 3. The lowest BCUT2D eigenvalue weighted by atomic mass is 9.77. The Morgan fingerprint density at radius 1 is 0.676 bits per heavy atom. The third-order valence-electron chi connectivity index (χ3n) is 15.1. The van der Waals surface area contributed by atoms with E-state index in [2.05, 4.69) is 19.1 Å². The number of ether oxygens (including phenoxy) is 5. The molecular formula is C61H62F2O8. The highest BCUT2D eigenvalue weighted by Gasteiger charge is 2.40. The predicted molar refractivity (Wildman–Crippen MR) is 271 cm³/mol. The fourth-order valence-corrected chi connectivity index (χ4v) is 10.9. The van der Waals surface area contributed by atoms with E-state index in [4.69, 9.17) is 23.7 Å². The molecule has 2 saturated carbocycles. The number of carbonyl (C=O) groups is 3. The average Bonchev–Trinajstić information content (AvgIpc) is 3.39. The number of fused-ring (bicyclic) bond motifs is 3. The molecule has 2 aliphatic carbocycles. The summed E-state index contributed by atoms with van der Waals surface area (Å²) in [5.74, 6) is 0.117. The number of unbranched alkanes of at least 4 members (excludes halogenated alkanes) is 2. The summed E-state index contributed by atoms with van der Waals surface area (Å²) in [4.78, 5) is 41.0. The largest absolute Gasteiger partial charge is 0.472 e. The van der Waals surface area contributed by atoms with Crippen LogP contribution in [0.15, 0.2) is 121 Å². The van der Waals surface area contributed by atoms with Gasteiger partial charge in [-0.15, -0.1) is 0 Å². The fraction of sp³-hybridized carbons (Fsp3) is 0.361. The van der Waals surface area contributed by atoms with Crippen molar-refractivity contribution in [2.75, 3.05) is 7.11 Å². The van der Waals surface area contributed by atoms with E-state index in [-0.39, 0.29) is 23.6 Å². The molecule has 1 unspecified atom stereocenters. The van der Waals surface area contributed by atoms with Crippen LogP contribution < -0.4 is 9.47 Å². The van der Waals surface area contributed by atoms with E-state index in [1.807, 2.05) is 36.4 Å². The van der Waals surface area contributed by atoms with Crippen LogP contribution in [0.25, 0.3) is 16.8 Å². The van der Waals surface area contributed by atoms with Crippen molar-refractivity contribution in [3.05, 3.63) is 183 Å². The summed E-state index contributed by atoms with van der Waals surface area (Å²) >= 11 is 0. The zero-order valence-electron chi connectivity index (χ0n) is 41.0. The predicted octanol–water partition coefficient (Wildman–Crippen LogP) is 14.9. The number of aryl methyl sites for hydroxylation is 1. The van der Waals surface area contributed by atoms with Crippen molar-refractivity contribution in [3.8, 4) is 11.5 Å². The first-order valence-corrected chi connectivity index (χ1v) is 25.3. The van der Waals surface area contributed by atoms with Crippen molar-refractivity contribution in [1.82, 2.24) is 0 Å². The van der Waals surface area contributed by atoms with Crippen molar-refractivity contribution in [3.63, 3.8) is 0 Å². The average molecular weight is 961 g/mol. The van der Waals surface area contributed by atoms with Crippen LogP contribution in [0.4, 0.5) is 8.78 Å². The van der Waals surface area contributed by atoms with Gasteiger partial charge in [0.1, 0.15) is 29.2 Å². The Kier molecular flexibility index (Phi) is 15.1. The molecule has 1 heterocycles. The number of benzene rings is 6. The van der Waals surface area contributed by atoms with Crippen LogP contribution >= 0.6 is 0 Å². The second-order valence-corrected chi connectivity index (χ2v) is 19.6. The Morgan fingerprint density at radius 3 is 1.85 bits per heavy atom. The van der Waals surface area contributed by atoms with Crippen LogP contribution in [0.1, 0.15) is 167 Å². The van der Waals surface area contributed by atoms with Crippen LogP contribution in [0, 0.1) is 24.5 Å². The third-order valence-corrected chi connectivity index (χ3v) is 15.1. The number of hydrogen-bond donors (Lipinski definition) is 0. The number of hydrogen-bond acceptors (Lipinski definition) is 8. The molecule has 0 amide bonds. The highest BCUT2D eigenvalue weighted by Crippen LogP contribution is 2.48. The van der Waals surface area contributed by atoms with Gasteiger partial charge in [0.2, 0.25) is 0 Å². The van der Waals surface area contributed by atoms with E-state index in [0.717, 1.165) is 24.3 Å². The number of methoxy groups -OCH3 is 1. The smallest absolute Gasteiger partial charge is 0.343 e. The third kappa shape index (κ3) is 10.8. The molecule has 0 spiro atoms. The first-order valence-electron chi connectivity index (χ1n) is 25.3. The summed E-state index contributed by atoms with van der Waals surface area (Å²) in [6.07, 6.45) is 15.7. The summed E-state index contributed by atoms with van der Waals surface area (Å²) in [5, 5.41) is 1.17. The van der Waals surface area contributed by atoms with Crippen LogP contribution in [0.5, 0.6) is 11.5 Å². The zero-order valence-corrected chi connectivity index (χ0v) is 41.0. The van der Waals surface area contributed by atoms with E-state index in [0.29, 0.717) is 74.4 Å². The van der Waals surface area contributed by atoms with Crippen LogP contribution in [0.2, 0.25) is 0 Å². The SMILES string of the molecule is CCCCCC1CCC(c2ccc(C(=O)Oc3ccc(C4CCC(OC(=O)c5ccc6c7c(c(C(=O)OC(C)OC)c(C)c6c5)C=CC(c5ccc(F)cc5)(c5ccc(F)cc5)O7)CC4)cc3)cc2)CC1. The van der Waals surface area contributed by atoms with E-state index < -0.39 is 35.5 Å². The maximum atomic E-state index is 14.3. The standard InChI is InChI=1S/C61H62F2O8/c1-5-6-7-8-40-9-11-41(12-10-40)42-13-15-45(16-14-42)58(64)69-51-30-17-43(18-31-51)44-19-32-52(33-20-44)70-59(65)46-21-34-53-55(37-46)38(2)56(60(66)68-39(3)67-4)54-35-36-61(71-57(53)54,47-22-26-49(62)27-23-47)48-24-28-50(63)29-25-48/h13-18,21-31,34-37,39-41,44,52H,5-12,19-20,32-33H2,1-4H3. The molecule has 9 rings (SSSR count). The molecule has 10 heteroatoms. The summed E-state index contributed by atoms with van der Waals surface area (Å²) in [6.45, 7) is 5.66. The summed E-state index contributed by atoms with van der Waals surface area (Å²) in [6, 6.07) is 32.6. The highest BCUT2D eigenvalue weighted by molar-refractivity contribution is 6.08. The minimum absolute atomic E-state index is 0.222. The molecule has 71 heavy (non-hydrogen) atoms. The van der Waals surface area contributed by atoms with Gasteiger partial charge in [0.05, 0.1) is 16.7 Å². The molecule has 0 N–H and O–H groups in total. The van der Waals surface area contributed by atoms with Gasteiger partial charge in [-0.2, -0.15) is 0 Å². The normalized spacial score (nSPS) is 19.8. The van der Waals surface area contributed by atoms with E-state index in [9.17, 15) is 23.2 Å². The van der Waals surface area contributed by atoms with E-state index in [1.165, 1.54) is 88.3 Å². The van der Waals surface area contributed by atoms with Gasteiger partial charge in [-0.3, -0.25) is 0 Å². The van der Waals surface area contributed by atoms with Crippen LogP contribution in [0.3, 0.4) is 0 Å². The highest BCUT2D eigenvalue weighted by atomic mass is 19.1. The topological polar surface area (TPSA) is 97.4 Å². The molecule has 3 aliphatic rings. The van der Waals surface area contributed by atoms with Crippen molar-refractivity contribution in [2.45, 2.75) is 128 Å². The van der Waals surface area contributed by atoms with E-state index >= 15 is 0 Å². The van der Waals surface area contributed by atoms with Gasteiger partial charge in [0, 0.05) is 29.2 Å². The van der Waals surface area contributed by atoms with Crippen molar-refractivity contribution in [2.24, 2.45) is 5.92 Å². The molecule has 0 bridgehead atoms. The number of halogens is 2. The summed E-state index contributed by atoms with van der Waals surface area (Å²) in [5.41, 5.74) is 4.32. The minimum Gasteiger partial charge on any atom is -0.472 e. The van der Waals surface area contributed by atoms with Crippen molar-refractivity contribution in [1.29, 1.82) is 0 Å².